The molecule has 5 heteroatoms. The number of aromatic nitrogens is 1. The average Bonchev–Trinajstić information content (AvgIpc) is 3.18. The van der Waals surface area contributed by atoms with Crippen LogP contribution in [0, 0.1) is 13.8 Å². The quantitative estimate of drug-likeness (QED) is 0.685. The number of benzene rings is 1. The SMILES string of the molecule is Cc1ccc(CN(C)C(=O)c2sc(-c3ccsc3)nc2C)cc1. The first kappa shape index (κ1) is 15.9. The molecule has 2 aromatic heterocycles. The van der Waals surface area contributed by atoms with Crippen LogP contribution in [0.3, 0.4) is 0 Å². The summed E-state index contributed by atoms with van der Waals surface area (Å²) in [6, 6.07) is 10.3. The standard InChI is InChI=1S/C18H18N2OS2/c1-12-4-6-14(7-5-12)10-20(3)18(21)16-13(2)19-17(23-16)15-8-9-22-11-15/h4-9,11H,10H2,1-3H3. The molecule has 3 aromatic rings. The minimum atomic E-state index is 0.0297. The molecule has 118 valence electrons. The molecule has 1 aromatic carbocycles. The third-order valence-electron chi connectivity index (χ3n) is 3.65. The fourth-order valence-electron chi connectivity index (χ4n) is 2.32. The molecule has 23 heavy (non-hydrogen) atoms. The lowest BCUT2D eigenvalue weighted by atomic mass is 10.1. The van der Waals surface area contributed by atoms with E-state index in [0.717, 1.165) is 26.7 Å². The van der Waals surface area contributed by atoms with Gasteiger partial charge in [-0.1, -0.05) is 29.8 Å². The molecule has 0 aliphatic rings. The highest BCUT2D eigenvalue weighted by Crippen LogP contribution is 2.30. The van der Waals surface area contributed by atoms with Crippen LogP contribution in [0.4, 0.5) is 0 Å². The minimum absolute atomic E-state index is 0.0297. The van der Waals surface area contributed by atoms with Gasteiger partial charge < -0.3 is 4.90 Å². The van der Waals surface area contributed by atoms with Crippen molar-refractivity contribution in [3.8, 4) is 10.6 Å². The van der Waals surface area contributed by atoms with Gasteiger partial charge in [-0.15, -0.1) is 11.3 Å². The van der Waals surface area contributed by atoms with Gasteiger partial charge in [-0.25, -0.2) is 4.98 Å². The third kappa shape index (κ3) is 3.51. The zero-order valence-corrected chi connectivity index (χ0v) is 15.0. The number of thiazole rings is 1. The summed E-state index contributed by atoms with van der Waals surface area (Å²) in [5.41, 5.74) is 4.24. The Bertz CT molecular complexity index is 804. The number of hydrogen-bond acceptors (Lipinski definition) is 4. The molecule has 0 N–H and O–H groups in total. The Kier molecular flexibility index (Phi) is 4.59. The Morgan fingerprint density at radius 1 is 1.17 bits per heavy atom. The Labute approximate surface area is 144 Å². The van der Waals surface area contributed by atoms with E-state index in [9.17, 15) is 4.79 Å². The molecule has 3 rings (SSSR count). The van der Waals surface area contributed by atoms with Crippen LogP contribution in [0.5, 0.6) is 0 Å². The molecule has 0 unspecified atom stereocenters. The molecular formula is C18H18N2OS2. The summed E-state index contributed by atoms with van der Waals surface area (Å²) in [7, 11) is 1.84. The molecule has 3 nitrogen and oxygen atoms in total. The molecule has 1 amide bonds. The van der Waals surface area contributed by atoms with Gasteiger partial charge in [0.2, 0.25) is 0 Å². The highest BCUT2D eigenvalue weighted by molar-refractivity contribution is 7.17. The molecule has 0 aliphatic heterocycles. The predicted octanol–water partition coefficient (Wildman–Crippen LogP) is 4.76. The Hall–Kier alpha value is -1.98. The van der Waals surface area contributed by atoms with E-state index in [2.05, 4.69) is 41.6 Å². The van der Waals surface area contributed by atoms with E-state index in [-0.39, 0.29) is 5.91 Å². The first-order valence-electron chi connectivity index (χ1n) is 7.35. The summed E-state index contributed by atoms with van der Waals surface area (Å²) in [6.07, 6.45) is 0. The van der Waals surface area contributed by atoms with Gasteiger partial charge in [-0.2, -0.15) is 11.3 Å². The van der Waals surface area contributed by atoms with E-state index < -0.39 is 0 Å². The van der Waals surface area contributed by atoms with Crippen molar-refractivity contribution in [2.24, 2.45) is 0 Å². The summed E-state index contributed by atoms with van der Waals surface area (Å²) in [5.74, 6) is 0.0297. The maximum Gasteiger partial charge on any atom is 0.265 e. The summed E-state index contributed by atoms with van der Waals surface area (Å²) in [4.78, 5) is 19.7. The molecule has 0 spiro atoms. The second-order valence-electron chi connectivity index (χ2n) is 5.59. The molecule has 0 saturated carbocycles. The number of carbonyl (C=O) groups excluding carboxylic acids is 1. The lowest BCUT2D eigenvalue weighted by molar-refractivity contribution is 0.0789. The topological polar surface area (TPSA) is 33.2 Å². The number of carbonyl (C=O) groups is 1. The van der Waals surface area contributed by atoms with E-state index in [4.69, 9.17) is 0 Å². The molecule has 0 radical (unpaired) electrons. The summed E-state index contributed by atoms with van der Waals surface area (Å²) < 4.78 is 0. The first-order chi connectivity index (χ1) is 11.0. The van der Waals surface area contributed by atoms with Gasteiger partial charge in [-0.05, 0) is 30.9 Å². The van der Waals surface area contributed by atoms with Crippen molar-refractivity contribution in [2.45, 2.75) is 20.4 Å². The van der Waals surface area contributed by atoms with Crippen molar-refractivity contribution in [1.82, 2.24) is 9.88 Å². The molecule has 0 bridgehead atoms. The monoisotopic (exact) mass is 342 g/mol. The number of rotatable bonds is 4. The van der Waals surface area contributed by atoms with E-state index in [0.29, 0.717) is 6.54 Å². The maximum atomic E-state index is 12.7. The summed E-state index contributed by atoms with van der Waals surface area (Å²) in [5, 5.41) is 5.00. The van der Waals surface area contributed by atoms with Gasteiger partial charge in [-0.3, -0.25) is 4.79 Å². The fraction of sp³-hybridized carbons (Fsp3) is 0.222. The normalized spacial score (nSPS) is 10.7. The molecule has 0 fully saturated rings. The number of thiophene rings is 1. The number of aryl methyl sites for hydroxylation is 2. The first-order valence-corrected chi connectivity index (χ1v) is 9.11. The highest BCUT2D eigenvalue weighted by Gasteiger charge is 2.19. The van der Waals surface area contributed by atoms with Gasteiger partial charge in [0, 0.05) is 24.5 Å². The molecular weight excluding hydrogens is 324 g/mol. The number of hydrogen-bond donors (Lipinski definition) is 0. The third-order valence-corrected chi connectivity index (χ3v) is 5.52. The van der Waals surface area contributed by atoms with Crippen LogP contribution in [-0.2, 0) is 6.54 Å². The van der Waals surface area contributed by atoms with Crippen molar-refractivity contribution in [1.29, 1.82) is 0 Å². The van der Waals surface area contributed by atoms with Crippen molar-refractivity contribution in [3.05, 3.63) is 62.8 Å². The lowest BCUT2D eigenvalue weighted by Gasteiger charge is -2.16. The molecule has 0 aliphatic carbocycles. The van der Waals surface area contributed by atoms with Crippen molar-refractivity contribution in [3.63, 3.8) is 0 Å². The smallest absolute Gasteiger partial charge is 0.265 e. The van der Waals surface area contributed by atoms with Crippen LogP contribution in [0.2, 0.25) is 0 Å². The van der Waals surface area contributed by atoms with Crippen LogP contribution in [0.25, 0.3) is 10.6 Å². The molecule has 2 heterocycles. The Morgan fingerprint density at radius 3 is 2.57 bits per heavy atom. The maximum absolute atomic E-state index is 12.7. The Morgan fingerprint density at radius 2 is 1.91 bits per heavy atom. The van der Waals surface area contributed by atoms with Crippen molar-refractivity contribution in [2.75, 3.05) is 7.05 Å². The molecule has 0 atom stereocenters. The van der Waals surface area contributed by atoms with E-state index >= 15 is 0 Å². The van der Waals surface area contributed by atoms with Crippen LogP contribution in [0.15, 0.2) is 41.1 Å². The zero-order valence-electron chi connectivity index (χ0n) is 13.4. The largest absolute Gasteiger partial charge is 0.337 e. The van der Waals surface area contributed by atoms with E-state index in [1.807, 2.05) is 25.4 Å². The van der Waals surface area contributed by atoms with Crippen molar-refractivity contribution < 1.29 is 4.79 Å². The van der Waals surface area contributed by atoms with Crippen LogP contribution >= 0.6 is 22.7 Å². The van der Waals surface area contributed by atoms with Gasteiger partial charge in [0.05, 0.1) is 5.69 Å². The van der Waals surface area contributed by atoms with Gasteiger partial charge in [0.25, 0.3) is 5.91 Å². The average molecular weight is 342 g/mol. The number of amides is 1. The van der Waals surface area contributed by atoms with Gasteiger partial charge >= 0.3 is 0 Å². The van der Waals surface area contributed by atoms with E-state index in [1.165, 1.54) is 16.9 Å². The van der Waals surface area contributed by atoms with Crippen molar-refractivity contribution >= 4 is 28.6 Å². The Balaban J connectivity index is 1.78. The van der Waals surface area contributed by atoms with Crippen LogP contribution < -0.4 is 0 Å². The van der Waals surface area contributed by atoms with Crippen LogP contribution in [0.1, 0.15) is 26.5 Å². The van der Waals surface area contributed by atoms with Gasteiger partial charge in [0.15, 0.2) is 0 Å². The lowest BCUT2D eigenvalue weighted by Crippen LogP contribution is -2.26. The number of nitrogens with zero attached hydrogens (tertiary/aromatic N) is 2. The second-order valence-corrected chi connectivity index (χ2v) is 7.37. The zero-order chi connectivity index (χ0) is 16.4. The summed E-state index contributed by atoms with van der Waals surface area (Å²) in [6.45, 7) is 4.56. The fourth-order valence-corrected chi connectivity index (χ4v) is 4.09. The predicted molar refractivity (Wildman–Crippen MR) is 97.1 cm³/mol. The molecule has 0 saturated heterocycles. The van der Waals surface area contributed by atoms with Crippen LogP contribution in [-0.4, -0.2) is 22.8 Å². The van der Waals surface area contributed by atoms with Gasteiger partial charge in [0.1, 0.15) is 9.88 Å². The second kappa shape index (κ2) is 6.64. The summed E-state index contributed by atoms with van der Waals surface area (Å²) >= 11 is 3.11. The van der Waals surface area contributed by atoms with E-state index in [1.54, 1.807) is 16.2 Å². The highest BCUT2D eigenvalue weighted by atomic mass is 32.1. The minimum Gasteiger partial charge on any atom is -0.337 e.